The Bertz CT molecular complexity index is 224. The molecular formula is C6H4BNO. The lowest BCUT2D eigenvalue weighted by Gasteiger charge is -1.89. The lowest BCUT2D eigenvalue weighted by atomic mass is 10.0. The molecule has 1 heterocycles. The number of rotatable bonds is 1. The molecule has 0 aliphatic rings. The van der Waals surface area contributed by atoms with Crippen molar-refractivity contribution in [3.05, 3.63) is 23.9 Å². The normalized spacial score (nSPS) is 8.89. The third-order valence-electron chi connectivity index (χ3n) is 0.913. The minimum Gasteiger partial charge on any atom is -0.296 e. The van der Waals surface area contributed by atoms with Crippen molar-refractivity contribution in [2.75, 3.05) is 0 Å². The lowest BCUT2D eigenvalue weighted by Crippen LogP contribution is -2.08. The van der Waals surface area contributed by atoms with Gasteiger partial charge in [0.05, 0.1) is 0 Å². The molecule has 0 N–H and O–H groups in total. The fourth-order valence-electron chi connectivity index (χ4n) is 0.535. The molecule has 0 saturated carbocycles. The van der Waals surface area contributed by atoms with Crippen LogP contribution in [0.4, 0.5) is 0 Å². The van der Waals surface area contributed by atoms with Crippen molar-refractivity contribution >= 4 is 19.7 Å². The highest BCUT2D eigenvalue weighted by Crippen LogP contribution is 1.83. The van der Waals surface area contributed by atoms with Crippen molar-refractivity contribution in [1.29, 1.82) is 0 Å². The van der Waals surface area contributed by atoms with Gasteiger partial charge in [0.25, 0.3) is 0 Å². The molecular weight excluding hydrogens is 113 g/mol. The Labute approximate surface area is 54.3 Å². The van der Waals surface area contributed by atoms with Crippen molar-refractivity contribution in [2.24, 2.45) is 0 Å². The van der Waals surface area contributed by atoms with Gasteiger partial charge in [-0.2, -0.15) is 0 Å². The predicted octanol–water partition coefficient (Wildman–Crippen LogP) is -0.312. The van der Waals surface area contributed by atoms with Crippen LogP contribution in [0.1, 0.15) is 10.5 Å². The fourth-order valence-corrected chi connectivity index (χ4v) is 0.535. The van der Waals surface area contributed by atoms with Crippen LogP contribution in [0.25, 0.3) is 0 Å². The van der Waals surface area contributed by atoms with E-state index in [0.29, 0.717) is 17.6 Å². The van der Waals surface area contributed by atoms with Crippen LogP contribution < -0.4 is 5.59 Å². The zero-order valence-electron chi connectivity index (χ0n) is 4.74. The standard InChI is InChI=1S/C6H4BNO/c7-6-3-1-2-5(4-9)8-6/h1-4H. The van der Waals surface area contributed by atoms with Gasteiger partial charge in [0.2, 0.25) is 0 Å². The maximum absolute atomic E-state index is 10.0. The van der Waals surface area contributed by atoms with Crippen molar-refractivity contribution < 1.29 is 4.79 Å². The molecule has 0 aliphatic heterocycles. The zero-order valence-corrected chi connectivity index (χ0v) is 4.74. The third-order valence-corrected chi connectivity index (χ3v) is 0.913. The summed E-state index contributed by atoms with van der Waals surface area (Å²) in [5.41, 5.74) is 0.745. The first-order chi connectivity index (χ1) is 4.33. The summed E-state index contributed by atoms with van der Waals surface area (Å²) in [6.45, 7) is 0. The Balaban J connectivity index is 3.07. The van der Waals surface area contributed by atoms with E-state index in [1.165, 1.54) is 0 Å². The van der Waals surface area contributed by atoms with Gasteiger partial charge in [-0.25, -0.2) is 0 Å². The zero-order chi connectivity index (χ0) is 6.69. The van der Waals surface area contributed by atoms with Crippen LogP contribution in [0.15, 0.2) is 18.2 Å². The van der Waals surface area contributed by atoms with Crippen molar-refractivity contribution in [2.45, 2.75) is 0 Å². The van der Waals surface area contributed by atoms with Gasteiger partial charge < -0.3 is 0 Å². The second-order valence-corrected chi connectivity index (χ2v) is 1.61. The molecule has 1 rings (SSSR count). The molecule has 0 saturated heterocycles. The number of aldehydes is 1. The van der Waals surface area contributed by atoms with Crippen LogP contribution in [-0.4, -0.2) is 19.1 Å². The van der Waals surface area contributed by atoms with E-state index in [9.17, 15) is 4.79 Å². The molecule has 0 fully saturated rings. The minimum atomic E-state index is 0.370. The van der Waals surface area contributed by atoms with E-state index in [4.69, 9.17) is 7.85 Å². The van der Waals surface area contributed by atoms with Crippen molar-refractivity contribution in [3.8, 4) is 0 Å². The molecule has 0 bridgehead atoms. The van der Waals surface area contributed by atoms with Gasteiger partial charge in [0, 0.05) is 0 Å². The van der Waals surface area contributed by atoms with Gasteiger partial charge in [0.1, 0.15) is 13.5 Å². The Morgan fingerprint density at radius 1 is 1.56 bits per heavy atom. The predicted molar refractivity (Wildman–Crippen MR) is 35.0 cm³/mol. The van der Waals surface area contributed by atoms with E-state index in [1.807, 2.05) is 0 Å². The smallest absolute Gasteiger partial charge is 0.168 e. The number of hydrogen-bond donors (Lipinski definition) is 0. The summed E-state index contributed by atoms with van der Waals surface area (Å²) in [6, 6.07) is 4.92. The maximum Gasteiger partial charge on any atom is 0.168 e. The highest BCUT2D eigenvalue weighted by Gasteiger charge is 1.87. The molecule has 1 aromatic heterocycles. The highest BCUT2D eigenvalue weighted by atomic mass is 16.1. The van der Waals surface area contributed by atoms with E-state index < -0.39 is 0 Å². The number of pyridine rings is 1. The van der Waals surface area contributed by atoms with Crippen LogP contribution in [-0.2, 0) is 0 Å². The first-order valence-corrected chi connectivity index (χ1v) is 2.50. The summed E-state index contributed by atoms with van der Waals surface area (Å²) in [5.74, 6) is 0. The summed E-state index contributed by atoms with van der Waals surface area (Å²) < 4.78 is 0. The molecule has 0 unspecified atom stereocenters. The fraction of sp³-hybridized carbons (Fsp3) is 0. The Kier molecular flexibility index (Phi) is 1.63. The topological polar surface area (TPSA) is 30.0 Å². The first kappa shape index (κ1) is 6.01. The average Bonchev–Trinajstić information content (AvgIpc) is 1.88. The van der Waals surface area contributed by atoms with E-state index in [1.54, 1.807) is 18.2 Å². The number of hydrogen-bond acceptors (Lipinski definition) is 2. The molecule has 2 nitrogen and oxygen atoms in total. The first-order valence-electron chi connectivity index (χ1n) is 2.50. The number of nitrogens with zero attached hydrogens (tertiary/aromatic N) is 1. The van der Waals surface area contributed by atoms with E-state index in [-0.39, 0.29) is 0 Å². The molecule has 0 atom stereocenters. The quantitative estimate of drug-likeness (QED) is 0.373. The summed E-state index contributed by atoms with van der Waals surface area (Å²) >= 11 is 0. The van der Waals surface area contributed by atoms with Crippen LogP contribution in [0, 0.1) is 0 Å². The van der Waals surface area contributed by atoms with E-state index >= 15 is 0 Å². The van der Waals surface area contributed by atoms with Crippen molar-refractivity contribution in [3.63, 3.8) is 0 Å². The summed E-state index contributed by atoms with van der Waals surface area (Å²) in [5, 5.41) is 0. The van der Waals surface area contributed by atoms with Crippen molar-refractivity contribution in [1.82, 2.24) is 4.98 Å². The highest BCUT2D eigenvalue weighted by molar-refractivity contribution is 6.30. The van der Waals surface area contributed by atoms with Gasteiger partial charge in [0.15, 0.2) is 6.29 Å². The lowest BCUT2D eigenvalue weighted by molar-refractivity contribution is 0.111. The van der Waals surface area contributed by atoms with Crippen LogP contribution in [0.2, 0.25) is 0 Å². The second-order valence-electron chi connectivity index (χ2n) is 1.61. The van der Waals surface area contributed by atoms with Gasteiger partial charge in [-0.05, 0) is 11.7 Å². The van der Waals surface area contributed by atoms with Crippen LogP contribution >= 0.6 is 0 Å². The molecule has 1 aromatic rings. The number of carbonyl (C=O) groups is 1. The van der Waals surface area contributed by atoms with Gasteiger partial charge in [-0.3, -0.25) is 9.78 Å². The Morgan fingerprint density at radius 2 is 2.33 bits per heavy atom. The third kappa shape index (κ3) is 1.39. The largest absolute Gasteiger partial charge is 0.296 e. The molecule has 9 heavy (non-hydrogen) atoms. The molecule has 0 amide bonds. The van der Waals surface area contributed by atoms with Gasteiger partial charge >= 0.3 is 0 Å². The molecule has 0 aromatic carbocycles. The van der Waals surface area contributed by atoms with E-state index in [2.05, 4.69) is 4.98 Å². The van der Waals surface area contributed by atoms with Crippen LogP contribution in [0.3, 0.4) is 0 Å². The second kappa shape index (κ2) is 2.44. The minimum absolute atomic E-state index is 0.370. The molecule has 42 valence electrons. The maximum atomic E-state index is 10.0. The van der Waals surface area contributed by atoms with Gasteiger partial charge in [-0.1, -0.05) is 12.1 Å². The Hall–Kier alpha value is -1.12. The number of carbonyl (C=O) groups excluding carboxylic acids is 1. The van der Waals surface area contributed by atoms with Gasteiger partial charge in [-0.15, -0.1) is 0 Å². The van der Waals surface area contributed by atoms with E-state index in [0.717, 1.165) is 0 Å². The summed E-state index contributed by atoms with van der Waals surface area (Å²) in [4.78, 5) is 13.7. The number of aromatic nitrogens is 1. The molecule has 0 spiro atoms. The molecule has 2 radical (unpaired) electrons. The van der Waals surface area contributed by atoms with Crippen LogP contribution in [0.5, 0.6) is 0 Å². The Morgan fingerprint density at radius 3 is 2.78 bits per heavy atom. The summed E-state index contributed by atoms with van der Waals surface area (Å²) in [6.07, 6.45) is 0.663. The SMILES string of the molecule is [B]c1cccc(C=O)n1. The molecule has 3 heteroatoms. The summed E-state index contributed by atoms with van der Waals surface area (Å²) in [7, 11) is 5.26. The average molecular weight is 117 g/mol. The molecule has 0 aliphatic carbocycles. The monoisotopic (exact) mass is 117 g/mol.